The fraction of sp³-hybridized carbons (Fsp3) is 0.171. The van der Waals surface area contributed by atoms with Crippen LogP contribution in [0.3, 0.4) is 0 Å². The van der Waals surface area contributed by atoms with E-state index in [9.17, 15) is 9.59 Å². The molecule has 0 radical (unpaired) electrons. The van der Waals surface area contributed by atoms with E-state index in [1.54, 1.807) is 13.2 Å². The molecule has 0 bridgehead atoms. The number of carbonyl (C=O) groups excluding carboxylic acids is 2. The van der Waals surface area contributed by atoms with E-state index < -0.39 is 0 Å². The fourth-order valence-electron chi connectivity index (χ4n) is 5.13. The molecular formula is C35H32N4O4S. The van der Waals surface area contributed by atoms with Crippen molar-refractivity contribution in [2.45, 2.75) is 5.22 Å². The van der Waals surface area contributed by atoms with Crippen LogP contribution in [0.25, 0.3) is 22.6 Å². The Bertz CT molecular complexity index is 1660. The standard InChI is InChI=1S/C35H32N4O4S/c1-42-30-14-8-13-27(23-30)34(41)39-21-19-38(20-22-39)29-17-15-28(16-18-29)36-31(40)24-44-35-37-32(25-9-4-2-5-10-25)33(43-35)26-11-6-3-7-12-26/h2-18,23H,19-22,24H2,1H3,(H,36,40). The van der Waals surface area contributed by atoms with Gasteiger partial charge in [-0.2, -0.15) is 0 Å². The number of carbonyl (C=O) groups is 2. The molecule has 1 aromatic heterocycles. The average Bonchev–Trinajstić information content (AvgIpc) is 3.53. The summed E-state index contributed by atoms with van der Waals surface area (Å²) in [5, 5.41) is 3.41. The predicted molar refractivity (Wildman–Crippen MR) is 174 cm³/mol. The third-order valence-corrected chi connectivity index (χ3v) is 8.25. The maximum absolute atomic E-state index is 13.0. The van der Waals surface area contributed by atoms with Crippen molar-refractivity contribution in [2.75, 3.05) is 49.3 Å². The lowest BCUT2D eigenvalue weighted by molar-refractivity contribution is -0.113. The summed E-state index contributed by atoms with van der Waals surface area (Å²) in [5.74, 6) is 1.38. The highest BCUT2D eigenvalue weighted by atomic mass is 32.2. The highest BCUT2D eigenvalue weighted by molar-refractivity contribution is 7.99. The van der Waals surface area contributed by atoms with Crippen LogP contribution in [0.4, 0.5) is 11.4 Å². The van der Waals surface area contributed by atoms with Gasteiger partial charge in [0.2, 0.25) is 5.91 Å². The van der Waals surface area contributed by atoms with Gasteiger partial charge in [0.25, 0.3) is 11.1 Å². The third-order valence-electron chi connectivity index (χ3n) is 7.42. The van der Waals surface area contributed by atoms with Crippen molar-refractivity contribution in [1.29, 1.82) is 0 Å². The van der Waals surface area contributed by atoms with E-state index in [-0.39, 0.29) is 17.6 Å². The SMILES string of the molecule is COc1cccc(C(=O)N2CCN(c3ccc(NC(=O)CSc4nc(-c5ccccc5)c(-c5ccccc5)o4)cc3)CC2)c1. The molecule has 222 valence electrons. The molecule has 1 fully saturated rings. The number of ether oxygens (including phenoxy) is 1. The zero-order chi connectivity index (χ0) is 30.3. The van der Waals surface area contributed by atoms with Gasteiger partial charge >= 0.3 is 0 Å². The van der Waals surface area contributed by atoms with Crippen molar-refractivity contribution in [3.05, 3.63) is 115 Å². The number of benzene rings is 4. The zero-order valence-corrected chi connectivity index (χ0v) is 25.1. The van der Waals surface area contributed by atoms with Crippen LogP contribution in [-0.4, -0.2) is 60.7 Å². The van der Waals surface area contributed by atoms with Crippen molar-refractivity contribution in [3.63, 3.8) is 0 Å². The molecule has 0 spiro atoms. The minimum Gasteiger partial charge on any atom is -0.497 e. The summed E-state index contributed by atoms with van der Waals surface area (Å²) >= 11 is 1.26. The maximum atomic E-state index is 13.0. The van der Waals surface area contributed by atoms with Gasteiger partial charge in [-0.15, -0.1) is 0 Å². The second-order valence-corrected chi connectivity index (χ2v) is 11.2. The van der Waals surface area contributed by atoms with E-state index in [0.717, 1.165) is 35.6 Å². The number of hydrogen-bond acceptors (Lipinski definition) is 7. The highest BCUT2D eigenvalue weighted by Crippen LogP contribution is 2.35. The Labute approximate surface area is 260 Å². The molecule has 4 aromatic carbocycles. The van der Waals surface area contributed by atoms with Crippen LogP contribution >= 0.6 is 11.8 Å². The number of nitrogens with one attached hydrogen (secondary N) is 1. The van der Waals surface area contributed by atoms with Gasteiger partial charge in [0.05, 0.1) is 12.9 Å². The Hall–Kier alpha value is -5.02. The van der Waals surface area contributed by atoms with Crippen LogP contribution in [0.1, 0.15) is 10.4 Å². The average molecular weight is 605 g/mol. The summed E-state index contributed by atoms with van der Waals surface area (Å²) in [6, 6.07) is 34.8. The number of methoxy groups -OCH3 is 1. The van der Waals surface area contributed by atoms with Gasteiger partial charge in [0.1, 0.15) is 11.4 Å². The van der Waals surface area contributed by atoms with E-state index in [0.29, 0.717) is 41.1 Å². The molecule has 0 aliphatic carbocycles. The summed E-state index contributed by atoms with van der Waals surface area (Å²) < 4.78 is 11.4. The van der Waals surface area contributed by atoms with E-state index in [1.807, 2.05) is 108 Å². The lowest BCUT2D eigenvalue weighted by Gasteiger charge is -2.36. The number of piperazine rings is 1. The Morgan fingerprint density at radius 2 is 1.52 bits per heavy atom. The first-order valence-electron chi connectivity index (χ1n) is 14.4. The number of anilines is 2. The van der Waals surface area contributed by atoms with Gasteiger partial charge in [-0.3, -0.25) is 9.59 Å². The van der Waals surface area contributed by atoms with Crippen LogP contribution in [0, 0.1) is 0 Å². The van der Waals surface area contributed by atoms with Crippen molar-refractivity contribution in [3.8, 4) is 28.3 Å². The Morgan fingerprint density at radius 3 is 2.20 bits per heavy atom. The fourth-order valence-corrected chi connectivity index (χ4v) is 5.75. The molecule has 6 rings (SSSR count). The van der Waals surface area contributed by atoms with Crippen LogP contribution < -0.4 is 15.0 Å². The molecule has 9 heteroatoms. The van der Waals surface area contributed by atoms with Crippen LogP contribution in [0.5, 0.6) is 5.75 Å². The molecule has 44 heavy (non-hydrogen) atoms. The van der Waals surface area contributed by atoms with Gasteiger partial charge in [0.15, 0.2) is 5.76 Å². The first-order chi connectivity index (χ1) is 21.6. The summed E-state index contributed by atoms with van der Waals surface area (Å²) in [5.41, 5.74) is 5.03. The van der Waals surface area contributed by atoms with E-state index >= 15 is 0 Å². The van der Waals surface area contributed by atoms with Gasteiger partial charge in [-0.25, -0.2) is 4.98 Å². The van der Waals surface area contributed by atoms with E-state index in [4.69, 9.17) is 14.1 Å². The normalized spacial score (nSPS) is 13.0. The predicted octanol–water partition coefficient (Wildman–Crippen LogP) is 6.71. The van der Waals surface area contributed by atoms with Gasteiger partial charge in [0, 0.05) is 54.2 Å². The maximum Gasteiger partial charge on any atom is 0.257 e. The molecule has 1 saturated heterocycles. The monoisotopic (exact) mass is 604 g/mol. The number of oxazole rings is 1. The molecule has 2 heterocycles. The molecule has 2 amide bonds. The number of amides is 2. The molecule has 5 aromatic rings. The molecule has 1 N–H and O–H groups in total. The van der Waals surface area contributed by atoms with Crippen molar-refractivity contribution < 1.29 is 18.7 Å². The first kappa shape index (κ1) is 29.1. The molecule has 8 nitrogen and oxygen atoms in total. The van der Waals surface area contributed by atoms with Crippen LogP contribution in [0.2, 0.25) is 0 Å². The molecule has 1 aliphatic rings. The molecule has 0 saturated carbocycles. The summed E-state index contributed by atoms with van der Waals surface area (Å²) in [7, 11) is 1.60. The molecular weight excluding hydrogens is 572 g/mol. The van der Waals surface area contributed by atoms with Crippen molar-refractivity contribution in [1.82, 2.24) is 9.88 Å². The quantitative estimate of drug-likeness (QED) is 0.187. The Kier molecular flexibility index (Phi) is 8.93. The smallest absolute Gasteiger partial charge is 0.257 e. The largest absolute Gasteiger partial charge is 0.497 e. The van der Waals surface area contributed by atoms with Crippen LogP contribution in [-0.2, 0) is 4.79 Å². The lowest BCUT2D eigenvalue weighted by Crippen LogP contribution is -2.48. The van der Waals surface area contributed by atoms with E-state index in [2.05, 4.69) is 10.2 Å². The van der Waals surface area contributed by atoms with E-state index in [1.165, 1.54) is 11.8 Å². The van der Waals surface area contributed by atoms with Gasteiger partial charge < -0.3 is 24.3 Å². The minimum absolute atomic E-state index is 0.0109. The Balaban J connectivity index is 1.03. The number of thioether (sulfide) groups is 1. The van der Waals surface area contributed by atoms with Crippen LogP contribution in [0.15, 0.2) is 119 Å². The topological polar surface area (TPSA) is 87.9 Å². The number of aromatic nitrogens is 1. The van der Waals surface area contributed by atoms with Crippen molar-refractivity contribution in [2.24, 2.45) is 0 Å². The second kappa shape index (κ2) is 13.5. The van der Waals surface area contributed by atoms with Gasteiger partial charge in [-0.1, -0.05) is 78.5 Å². The third kappa shape index (κ3) is 6.79. The second-order valence-electron chi connectivity index (χ2n) is 10.3. The molecule has 0 atom stereocenters. The highest BCUT2D eigenvalue weighted by Gasteiger charge is 2.23. The van der Waals surface area contributed by atoms with Gasteiger partial charge in [-0.05, 0) is 42.5 Å². The van der Waals surface area contributed by atoms with Crippen molar-refractivity contribution >= 4 is 35.0 Å². The number of rotatable bonds is 9. The Morgan fingerprint density at radius 1 is 0.841 bits per heavy atom. The summed E-state index contributed by atoms with van der Waals surface area (Å²) in [6.45, 7) is 2.71. The summed E-state index contributed by atoms with van der Waals surface area (Å²) in [6.07, 6.45) is 0. The minimum atomic E-state index is -0.145. The zero-order valence-electron chi connectivity index (χ0n) is 24.3. The number of nitrogens with zero attached hydrogens (tertiary/aromatic N) is 3. The lowest BCUT2D eigenvalue weighted by atomic mass is 10.1. The molecule has 0 unspecified atom stereocenters. The first-order valence-corrected chi connectivity index (χ1v) is 15.4. The summed E-state index contributed by atoms with van der Waals surface area (Å²) in [4.78, 5) is 34.6. The number of hydrogen-bond donors (Lipinski definition) is 1. The molecule has 1 aliphatic heterocycles.